The Balaban J connectivity index is 1.70. The maximum absolute atomic E-state index is 13.3. The number of carbonyl (C=O) groups excluding carboxylic acids is 1. The molecule has 1 aromatic carbocycles. The number of halogens is 1. The molecule has 0 atom stereocenters. The van der Waals surface area contributed by atoms with Crippen LogP contribution < -0.4 is 0 Å². The maximum Gasteiger partial charge on any atom is 0.226 e. The van der Waals surface area contributed by atoms with E-state index < -0.39 is 0 Å². The van der Waals surface area contributed by atoms with Gasteiger partial charge < -0.3 is 9.64 Å². The van der Waals surface area contributed by atoms with Crippen LogP contribution >= 0.6 is 0 Å². The predicted octanol–water partition coefficient (Wildman–Crippen LogP) is 2.74. The van der Waals surface area contributed by atoms with E-state index in [0.29, 0.717) is 25.8 Å². The third kappa shape index (κ3) is 3.18. The fourth-order valence-corrected chi connectivity index (χ4v) is 2.78. The van der Waals surface area contributed by atoms with Crippen molar-refractivity contribution in [3.05, 3.63) is 35.6 Å². The molecule has 2 aliphatic rings. The Morgan fingerprint density at radius 1 is 1.25 bits per heavy atom. The van der Waals surface area contributed by atoms with Gasteiger partial charge in [-0.05, 0) is 43.4 Å². The van der Waals surface area contributed by atoms with Crippen LogP contribution in [-0.4, -0.2) is 30.1 Å². The van der Waals surface area contributed by atoms with Gasteiger partial charge in [0.15, 0.2) is 0 Å². The molecule has 1 heterocycles. The molecular weight excluding hydrogens is 257 g/mol. The summed E-state index contributed by atoms with van der Waals surface area (Å²) in [5.41, 5.74) is 0.873. The zero-order valence-electron chi connectivity index (χ0n) is 11.6. The molecule has 3 rings (SSSR count). The number of hydrogen-bond acceptors (Lipinski definition) is 2. The summed E-state index contributed by atoms with van der Waals surface area (Å²) in [6.45, 7) is 1.88. The van der Waals surface area contributed by atoms with Crippen LogP contribution in [0.5, 0.6) is 0 Å². The highest BCUT2D eigenvalue weighted by Crippen LogP contribution is 2.31. The molecule has 0 spiro atoms. The average Bonchev–Trinajstić information content (AvgIpc) is 3.30. The smallest absolute Gasteiger partial charge is 0.226 e. The molecule has 20 heavy (non-hydrogen) atoms. The zero-order valence-corrected chi connectivity index (χ0v) is 11.6. The number of amides is 1. The molecule has 1 saturated carbocycles. The van der Waals surface area contributed by atoms with E-state index in [1.807, 2.05) is 11.0 Å². The second-order valence-corrected chi connectivity index (χ2v) is 5.71. The fourth-order valence-electron chi connectivity index (χ4n) is 2.78. The first-order valence-electron chi connectivity index (χ1n) is 7.37. The van der Waals surface area contributed by atoms with Crippen molar-refractivity contribution in [2.45, 2.75) is 38.3 Å². The van der Waals surface area contributed by atoms with Gasteiger partial charge in [-0.3, -0.25) is 4.79 Å². The number of benzene rings is 1. The summed E-state index contributed by atoms with van der Waals surface area (Å²) in [6.07, 6.45) is 3.77. The number of rotatable bonds is 4. The summed E-state index contributed by atoms with van der Waals surface area (Å²) >= 11 is 0. The van der Waals surface area contributed by atoms with E-state index in [1.54, 1.807) is 6.07 Å². The monoisotopic (exact) mass is 277 g/mol. The topological polar surface area (TPSA) is 29.5 Å². The Bertz CT molecular complexity index is 481. The lowest BCUT2D eigenvalue weighted by Crippen LogP contribution is -2.39. The van der Waals surface area contributed by atoms with Crippen LogP contribution in [0.1, 0.15) is 31.2 Å². The van der Waals surface area contributed by atoms with Gasteiger partial charge in [-0.15, -0.1) is 0 Å². The van der Waals surface area contributed by atoms with E-state index in [4.69, 9.17) is 4.74 Å². The first-order valence-corrected chi connectivity index (χ1v) is 7.37. The Morgan fingerprint density at radius 3 is 2.65 bits per heavy atom. The van der Waals surface area contributed by atoms with E-state index in [2.05, 4.69) is 0 Å². The van der Waals surface area contributed by atoms with Crippen molar-refractivity contribution in [3.8, 4) is 0 Å². The number of carbonyl (C=O) groups is 1. The Labute approximate surface area is 118 Å². The molecular formula is C16H20FNO2. The van der Waals surface area contributed by atoms with Crippen molar-refractivity contribution < 1.29 is 13.9 Å². The van der Waals surface area contributed by atoms with Gasteiger partial charge in [0, 0.05) is 31.7 Å². The van der Waals surface area contributed by atoms with Gasteiger partial charge in [-0.25, -0.2) is 4.39 Å². The summed E-state index contributed by atoms with van der Waals surface area (Å²) in [6, 6.07) is 6.90. The molecule has 0 aromatic heterocycles. The van der Waals surface area contributed by atoms with E-state index >= 15 is 0 Å². The van der Waals surface area contributed by atoms with Crippen LogP contribution in [0, 0.1) is 11.7 Å². The molecule has 0 N–H and O–H groups in total. The standard InChI is InChI=1S/C16H20FNO2/c17-14-3-1-2-12(10-14)11-18(15-4-5-15)16(19)13-6-8-20-9-7-13/h1-3,10,13,15H,4-9,11H2. The lowest BCUT2D eigenvalue weighted by Gasteiger charge is -2.29. The first-order chi connectivity index (χ1) is 9.74. The first kappa shape index (κ1) is 13.6. The van der Waals surface area contributed by atoms with Crippen LogP contribution in [0.3, 0.4) is 0 Å². The highest BCUT2D eigenvalue weighted by Gasteiger charge is 2.36. The molecule has 0 radical (unpaired) electrons. The van der Waals surface area contributed by atoms with Gasteiger partial charge in [0.25, 0.3) is 0 Å². The van der Waals surface area contributed by atoms with Gasteiger partial charge in [-0.2, -0.15) is 0 Å². The summed E-state index contributed by atoms with van der Waals surface area (Å²) < 4.78 is 18.6. The van der Waals surface area contributed by atoms with Gasteiger partial charge >= 0.3 is 0 Å². The van der Waals surface area contributed by atoms with E-state index in [1.165, 1.54) is 12.1 Å². The van der Waals surface area contributed by atoms with Crippen LogP contribution in [0.4, 0.5) is 4.39 Å². The highest BCUT2D eigenvalue weighted by atomic mass is 19.1. The molecule has 1 amide bonds. The summed E-state index contributed by atoms with van der Waals surface area (Å²) in [5.74, 6) is 0.0646. The lowest BCUT2D eigenvalue weighted by atomic mass is 9.98. The Kier molecular flexibility index (Phi) is 4.01. The lowest BCUT2D eigenvalue weighted by molar-refractivity contribution is -0.139. The normalized spacial score (nSPS) is 19.9. The van der Waals surface area contributed by atoms with Crippen LogP contribution in [-0.2, 0) is 16.1 Å². The third-order valence-corrected chi connectivity index (χ3v) is 4.08. The van der Waals surface area contributed by atoms with Gasteiger partial charge in [0.1, 0.15) is 5.82 Å². The quantitative estimate of drug-likeness (QED) is 0.847. The average molecular weight is 277 g/mol. The minimum atomic E-state index is -0.239. The predicted molar refractivity (Wildman–Crippen MR) is 73.5 cm³/mol. The van der Waals surface area contributed by atoms with E-state index in [0.717, 1.165) is 31.2 Å². The summed E-state index contributed by atoms with van der Waals surface area (Å²) in [4.78, 5) is 14.6. The van der Waals surface area contributed by atoms with Crippen LogP contribution in [0.25, 0.3) is 0 Å². The molecule has 108 valence electrons. The minimum Gasteiger partial charge on any atom is -0.381 e. The third-order valence-electron chi connectivity index (χ3n) is 4.08. The molecule has 0 unspecified atom stereocenters. The van der Waals surface area contributed by atoms with Gasteiger partial charge in [0.2, 0.25) is 5.91 Å². The van der Waals surface area contributed by atoms with Crippen molar-refractivity contribution in [1.82, 2.24) is 4.90 Å². The Morgan fingerprint density at radius 2 is 2.00 bits per heavy atom. The van der Waals surface area contributed by atoms with Crippen molar-refractivity contribution >= 4 is 5.91 Å². The number of nitrogens with zero attached hydrogens (tertiary/aromatic N) is 1. The molecule has 3 nitrogen and oxygen atoms in total. The molecule has 2 fully saturated rings. The molecule has 1 aliphatic carbocycles. The largest absolute Gasteiger partial charge is 0.381 e. The summed E-state index contributed by atoms with van der Waals surface area (Å²) in [7, 11) is 0. The molecule has 1 aliphatic heterocycles. The van der Waals surface area contributed by atoms with Crippen molar-refractivity contribution in [1.29, 1.82) is 0 Å². The van der Waals surface area contributed by atoms with E-state index in [9.17, 15) is 9.18 Å². The molecule has 0 bridgehead atoms. The molecule has 4 heteroatoms. The van der Waals surface area contributed by atoms with Crippen molar-refractivity contribution in [2.75, 3.05) is 13.2 Å². The van der Waals surface area contributed by atoms with Gasteiger partial charge in [-0.1, -0.05) is 12.1 Å². The minimum absolute atomic E-state index is 0.0814. The maximum atomic E-state index is 13.3. The van der Waals surface area contributed by atoms with E-state index in [-0.39, 0.29) is 17.6 Å². The highest BCUT2D eigenvalue weighted by molar-refractivity contribution is 5.79. The molecule has 1 aromatic rings. The summed E-state index contributed by atoms with van der Waals surface area (Å²) in [5, 5.41) is 0. The van der Waals surface area contributed by atoms with Crippen LogP contribution in [0.15, 0.2) is 24.3 Å². The fraction of sp³-hybridized carbons (Fsp3) is 0.562. The number of ether oxygens (including phenoxy) is 1. The Hall–Kier alpha value is -1.42. The molecule has 1 saturated heterocycles. The zero-order chi connectivity index (χ0) is 13.9. The SMILES string of the molecule is O=C(C1CCOCC1)N(Cc1cccc(F)c1)C1CC1. The van der Waals surface area contributed by atoms with Gasteiger partial charge in [0.05, 0.1) is 0 Å². The number of hydrogen-bond donors (Lipinski definition) is 0. The van der Waals surface area contributed by atoms with Crippen molar-refractivity contribution in [3.63, 3.8) is 0 Å². The van der Waals surface area contributed by atoms with Crippen LogP contribution in [0.2, 0.25) is 0 Å². The second-order valence-electron chi connectivity index (χ2n) is 5.71. The second kappa shape index (κ2) is 5.92. The van der Waals surface area contributed by atoms with Crippen molar-refractivity contribution in [2.24, 2.45) is 5.92 Å².